The van der Waals surface area contributed by atoms with Crippen molar-refractivity contribution >= 4 is 0 Å². The van der Waals surface area contributed by atoms with Crippen LogP contribution in [0, 0.1) is 23.2 Å². The molecular formula is C13H13NO. The molecule has 0 bridgehead atoms. The molecule has 1 aromatic rings. The number of rotatable bonds is 0. The number of hydrogen-bond donors (Lipinski definition) is 1. The molecule has 0 saturated heterocycles. The molecule has 0 atom stereocenters. The molecule has 0 aliphatic heterocycles. The molecule has 0 aliphatic rings. The van der Waals surface area contributed by atoms with Gasteiger partial charge in [-0.2, -0.15) is 5.26 Å². The molecule has 2 heteroatoms. The van der Waals surface area contributed by atoms with E-state index in [1.165, 1.54) is 0 Å². The van der Waals surface area contributed by atoms with Crippen LogP contribution in [0.1, 0.15) is 31.9 Å². The van der Waals surface area contributed by atoms with Gasteiger partial charge in [0.05, 0.1) is 0 Å². The molecule has 1 rings (SSSR count). The van der Waals surface area contributed by atoms with Gasteiger partial charge in [-0.15, -0.1) is 0 Å². The molecule has 0 radical (unpaired) electrons. The fraction of sp³-hybridized carbons (Fsp3) is 0.308. The Morgan fingerprint density at radius 1 is 1.27 bits per heavy atom. The summed E-state index contributed by atoms with van der Waals surface area (Å²) in [5, 5.41) is 18.0. The van der Waals surface area contributed by atoms with Crippen LogP contribution in [0.5, 0.6) is 5.75 Å². The highest BCUT2D eigenvalue weighted by Crippen LogP contribution is 2.30. The fourth-order valence-corrected chi connectivity index (χ4v) is 1.31. The Hall–Kier alpha value is -1.93. The van der Waals surface area contributed by atoms with E-state index in [2.05, 4.69) is 11.8 Å². The number of phenols is 1. The van der Waals surface area contributed by atoms with E-state index in [0.29, 0.717) is 0 Å². The SMILES string of the molecule is CC(C)(C)c1cc(C#CC#N)ccc1O. The maximum atomic E-state index is 9.68. The van der Waals surface area contributed by atoms with E-state index in [-0.39, 0.29) is 11.2 Å². The van der Waals surface area contributed by atoms with Crippen LogP contribution < -0.4 is 0 Å². The highest BCUT2D eigenvalue weighted by atomic mass is 16.3. The van der Waals surface area contributed by atoms with Gasteiger partial charge < -0.3 is 5.11 Å². The third-order valence-corrected chi connectivity index (χ3v) is 2.07. The van der Waals surface area contributed by atoms with Crippen LogP contribution in [0.15, 0.2) is 18.2 Å². The molecule has 0 spiro atoms. The summed E-state index contributed by atoms with van der Waals surface area (Å²) in [6, 6.07) is 6.90. The van der Waals surface area contributed by atoms with Crippen LogP contribution in [0.2, 0.25) is 0 Å². The van der Waals surface area contributed by atoms with E-state index in [4.69, 9.17) is 5.26 Å². The molecule has 0 fully saturated rings. The predicted octanol–water partition coefficient (Wildman–Crippen LogP) is 2.56. The van der Waals surface area contributed by atoms with Gasteiger partial charge in [-0.25, -0.2) is 0 Å². The van der Waals surface area contributed by atoms with Crippen molar-refractivity contribution < 1.29 is 5.11 Å². The lowest BCUT2D eigenvalue weighted by Crippen LogP contribution is -2.11. The van der Waals surface area contributed by atoms with Crippen molar-refractivity contribution in [3.63, 3.8) is 0 Å². The lowest BCUT2D eigenvalue weighted by molar-refractivity contribution is 0.446. The van der Waals surface area contributed by atoms with Crippen molar-refractivity contribution in [2.75, 3.05) is 0 Å². The maximum Gasteiger partial charge on any atom is 0.152 e. The molecule has 1 aromatic carbocycles. The standard InChI is InChI=1S/C13H13NO/c1-13(2,3)11-9-10(5-4-8-14)6-7-12(11)15/h6-7,9,15H,1-3H3. The van der Waals surface area contributed by atoms with Crippen LogP contribution >= 0.6 is 0 Å². The van der Waals surface area contributed by atoms with E-state index < -0.39 is 0 Å². The number of hydrogen-bond acceptors (Lipinski definition) is 2. The normalized spacial score (nSPS) is 10.0. The van der Waals surface area contributed by atoms with Crippen LogP contribution in [0.25, 0.3) is 0 Å². The Bertz CT molecular complexity index is 464. The number of phenolic OH excluding ortho intramolecular Hbond substituents is 1. The molecule has 0 unspecified atom stereocenters. The largest absolute Gasteiger partial charge is 0.508 e. The second kappa shape index (κ2) is 4.07. The van der Waals surface area contributed by atoms with Crippen molar-refractivity contribution in [2.45, 2.75) is 26.2 Å². The molecule has 0 heterocycles. The van der Waals surface area contributed by atoms with Crippen LogP contribution in [-0.4, -0.2) is 5.11 Å². The van der Waals surface area contributed by atoms with Crippen molar-refractivity contribution in [3.05, 3.63) is 29.3 Å². The van der Waals surface area contributed by atoms with Gasteiger partial charge in [-0.3, -0.25) is 0 Å². The first kappa shape index (κ1) is 11.1. The monoisotopic (exact) mass is 199 g/mol. The minimum atomic E-state index is -0.131. The van der Waals surface area contributed by atoms with E-state index in [9.17, 15) is 5.11 Å². The molecule has 15 heavy (non-hydrogen) atoms. The van der Waals surface area contributed by atoms with Gasteiger partial charge in [0.25, 0.3) is 0 Å². The smallest absolute Gasteiger partial charge is 0.152 e. The molecule has 0 aliphatic carbocycles. The maximum absolute atomic E-state index is 9.68. The quantitative estimate of drug-likeness (QED) is 0.652. The number of benzene rings is 1. The predicted molar refractivity (Wildman–Crippen MR) is 59.3 cm³/mol. The highest BCUT2D eigenvalue weighted by molar-refractivity contribution is 5.47. The summed E-state index contributed by atoms with van der Waals surface area (Å²) >= 11 is 0. The summed E-state index contributed by atoms with van der Waals surface area (Å²) in [6.45, 7) is 6.05. The molecule has 76 valence electrons. The summed E-state index contributed by atoms with van der Waals surface area (Å²) in [4.78, 5) is 0. The average molecular weight is 199 g/mol. The van der Waals surface area contributed by atoms with Crippen molar-refractivity contribution in [2.24, 2.45) is 0 Å². The molecular weight excluding hydrogens is 186 g/mol. The van der Waals surface area contributed by atoms with Crippen molar-refractivity contribution in [3.8, 4) is 23.7 Å². The van der Waals surface area contributed by atoms with Crippen LogP contribution in [0.3, 0.4) is 0 Å². The van der Waals surface area contributed by atoms with Gasteiger partial charge in [-0.1, -0.05) is 26.7 Å². The number of nitrogens with zero attached hydrogens (tertiary/aromatic N) is 1. The lowest BCUT2D eigenvalue weighted by Gasteiger charge is -2.20. The average Bonchev–Trinajstić information content (AvgIpc) is 2.15. The van der Waals surface area contributed by atoms with Gasteiger partial charge >= 0.3 is 0 Å². The number of nitriles is 1. The minimum absolute atomic E-state index is 0.131. The van der Waals surface area contributed by atoms with Crippen LogP contribution in [-0.2, 0) is 5.41 Å². The summed E-state index contributed by atoms with van der Waals surface area (Å²) in [7, 11) is 0. The molecule has 0 saturated carbocycles. The topological polar surface area (TPSA) is 44.0 Å². The zero-order valence-corrected chi connectivity index (χ0v) is 9.13. The van der Waals surface area contributed by atoms with E-state index in [1.807, 2.05) is 26.8 Å². The third-order valence-electron chi connectivity index (χ3n) is 2.07. The second-order valence-electron chi connectivity index (χ2n) is 4.34. The van der Waals surface area contributed by atoms with Crippen molar-refractivity contribution in [1.82, 2.24) is 0 Å². The van der Waals surface area contributed by atoms with Gasteiger partial charge in [0.15, 0.2) is 6.07 Å². The molecule has 0 aromatic heterocycles. The zero-order chi connectivity index (χ0) is 11.5. The van der Waals surface area contributed by atoms with E-state index in [1.54, 1.807) is 18.2 Å². The Kier molecular flexibility index (Phi) is 3.02. The zero-order valence-electron chi connectivity index (χ0n) is 9.13. The summed E-state index contributed by atoms with van der Waals surface area (Å²) in [5.74, 6) is 5.32. The summed E-state index contributed by atoms with van der Waals surface area (Å²) in [5.41, 5.74) is 1.46. The van der Waals surface area contributed by atoms with Crippen LogP contribution in [0.4, 0.5) is 0 Å². The van der Waals surface area contributed by atoms with Gasteiger partial charge in [0, 0.05) is 17.0 Å². The molecule has 2 nitrogen and oxygen atoms in total. The number of aromatic hydroxyl groups is 1. The lowest BCUT2D eigenvalue weighted by atomic mass is 9.85. The van der Waals surface area contributed by atoms with E-state index >= 15 is 0 Å². The molecule has 1 N–H and O–H groups in total. The Labute approximate surface area is 90.2 Å². The first-order valence-electron chi connectivity index (χ1n) is 4.69. The van der Waals surface area contributed by atoms with Crippen molar-refractivity contribution in [1.29, 1.82) is 5.26 Å². The van der Waals surface area contributed by atoms with Gasteiger partial charge in [0.1, 0.15) is 5.75 Å². The van der Waals surface area contributed by atoms with Gasteiger partial charge in [-0.05, 0) is 23.6 Å². The Balaban J connectivity index is 3.24. The minimum Gasteiger partial charge on any atom is -0.508 e. The Morgan fingerprint density at radius 3 is 2.47 bits per heavy atom. The second-order valence-corrected chi connectivity index (χ2v) is 4.34. The first-order chi connectivity index (χ1) is 6.95. The summed E-state index contributed by atoms with van der Waals surface area (Å²) in [6.07, 6.45) is 0. The highest BCUT2D eigenvalue weighted by Gasteiger charge is 2.17. The fourth-order valence-electron chi connectivity index (χ4n) is 1.31. The van der Waals surface area contributed by atoms with Gasteiger partial charge in [0.2, 0.25) is 0 Å². The van der Waals surface area contributed by atoms with E-state index in [0.717, 1.165) is 11.1 Å². The first-order valence-corrected chi connectivity index (χ1v) is 4.69. The molecule has 0 amide bonds. The Morgan fingerprint density at radius 2 is 1.93 bits per heavy atom. The summed E-state index contributed by atoms with van der Waals surface area (Å²) < 4.78 is 0. The third kappa shape index (κ3) is 2.76.